The molecule has 118 valence electrons. The van der Waals surface area contributed by atoms with Crippen molar-refractivity contribution in [1.82, 2.24) is 9.88 Å². The molecule has 0 aromatic carbocycles. The highest BCUT2D eigenvalue weighted by Crippen LogP contribution is 2.24. The van der Waals surface area contributed by atoms with E-state index in [1.807, 2.05) is 0 Å². The number of hydrogen-bond acceptors (Lipinski definition) is 4. The van der Waals surface area contributed by atoms with Crippen LogP contribution in [-0.4, -0.2) is 34.0 Å². The van der Waals surface area contributed by atoms with E-state index in [4.69, 9.17) is 4.98 Å². The zero-order valence-electron chi connectivity index (χ0n) is 13.2. The summed E-state index contributed by atoms with van der Waals surface area (Å²) in [6, 6.07) is 0. The van der Waals surface area contributed by atoms with Gasteiger partial charge < -0.3 is 5.11 Å². The van der Waals surface area contributed by atoms with E-state index < -0.39 is 5.97 Å². The molecule has 2 unspecified atom stereocenters. The van der Waals surface area contributed by atoms with Crippen LogP contribution in [0.15, 0.2) is 5.38 Å². The lowest BCUT2D eigenvalue weighted by Crippen LogP contribution is -2.42. The predicted molar refractivity (Wildman–Crippen MR) is 85.5 cm³/mol. The molecule has 0 radical (unpaired) electrons. The first-order valence-corrected chi connectivity index (χ1v) is 8.70. The fourth-order valence-corrected chi connectivity index (χ4v) is 3.75. The average molecular weight is 310 g/mol. The normalized spacial score (nSPS) is 23.6. The fourth-order valence-electron chi connectivity index (χ4n) is 2.95. The Labute approximate surface area is 131 Å². The van der Waals surface area contributed by atoms with Crippen molar-refractivity contribution in [3.8, 4) is 0 Å². The van der Waals surface area contributed by atoms with Gasteiger partial charge >= 0.3 is 5.97 Å². The summed E-state index contributed by atoms with van der Waals surface area (Å²) in [5.74, 6) is 0.255. The Morgan fingerprint density at radius 2 is 2.29 bits per heavy atom. The molecule has 2 atom stereocenters. The third-order valence-corrected chi connectivity index (χ3v) is 4.96. The second-order valence-electron chi connectivity index (χ2n) is 6.74. The molecule has 2 heterocycles. The minimum absolute atomic E-state index is 0.229. The van der Waals surface area contributed by atoms with E-state index in [0.717, 1.165) is 31.6 Å². The zero-order valence-corrected chi connectivity index (χ0v) is 14.0. The lowest BCUT2D eigenvalue weighted by molar-refractivity contribution is -0.144. The summed E-state index contributed by atoms with van der Waals surface area (Å²) in [4.78, 5) is 18.2. The number of piperidine rings is 1. The topological polar surface area (TPSA) is 53.4 Å². The van der Waals surface area contributed by atoms with Crippen LogP contribution < -0.4 is 0 Å². The van der Waals surface area contributed by atoms with Gasteiger partial charge in [0.05, 0.1) is 16.6 Å². The SMILES string of the molecule is CC(C)CCc1nc(CN2CC(C)CC(C(=O)O)C2)cs1. The van der Waals surface area contributed by atoms with Gasteiger partial charge in [0.2, 0.25) is 0 Å². The summed E-state index contributed by atoms with van der Waals surface area (Å²) >= 11 is 1.73. The molecule has 1 aromatic heterocycles. The van der Waals surface area contributed by atoms with Crippen LogP contribution >= 0.6 is 11.3 Å². The summed E-state index contributed by atoms with van der Waals surface area (Å²) in [7, 11) is 0. The lowest BCUT2D eigenvalue weighted by Gasteiger charge is -2.34. The van der Waals surface area contributed by atoms with E-state index in [0.29, 0.717) is 18.4 Å². The molecule has 0 aliphatic carbocycles. The lowest BCUT2D eigenvalue weighted by atomic mass is 9.90. The summed E-state index contributed by atoms with van der Waals surface area (Å²) in [6.07, 6.45) is 3.02. The van der Waals surface area contributed by atoms with E-state index in [1.165, 1.54) is 11.4 Å². The Bertz CT molecular complexity index is 473. The number of carboxylic acid groups (broad SMARTS) is 1. The van der Waals surface area contributed by atoms with Gasteiger partial charge in [0.1, 0.15) is 0 Å². The first-order chi connectivity index (χ1) is 9.94. The molecule has 1 fully saturated rings. The molecule has 0 bridgehead atoms. The van der Waals surface area contributed by atoms with Crippen molar-refractivity contribution in [3.63, 3.8) is 0 Å². The molecular weight excluding hydrogens is 284 g/mol. The zero-order chi connectivity index (χ0) is 15.4. The van der Waals surface area contributed by atoms with Crippen molar-refractivity contribution < 1.29 is 9.90 Å². The largest absolute Gasteiger partial charge is 0.481 e. The summed E-state index contributed by atoms with van der Waals surface area (Å²) in [6.45, 7) is 9.01. The van der Waals surface area contributed by atoms with Crippen LogP contribution in [0.2, 0.25) is 0 Å². The van der Waals surface area contributed by atoms with Crippen LogP contribution in [0, 0.1) is 17.8 Å². The molecule has 0 spiro atoms. The highest BCUT2D eigenvalue weighted by molar-refractivity contribution is 7.09. The van der Waals surface area contributed by atoms with Crippen molar-refractivity contribution in [2.45, 2.75) is 46.6 Å². The van der Waals surface area contributed by atoms with Gasteiger partial charge in [-0.3, -0.25) is 9.69 Å². The molecule has 0 amide bonds. The number of nitrogens with zero attached hydrogens (tertiary/aromatic N) is 2. The number of rotatable bonds is 6. The number of likely N-dealkylation sites (tertiary alicyclic amines) is 1. The first kappa shape index (κ1) is 16.4. The van der Waals surface area contributed by atoms with Gasteiger partial charge in [-0.25, -0.2) is 4.98 Å². The van der Waals surface area contributed by atoms with E-state index in [2.05, 4.69) is 31.1 Å². The van der Waals surface area contributed by atoms with Crippen molar-refractivity contribution in [2.75, 3.05) is 13.1 Å². The first-order valence-electron chi connectivity index (χ1n) is 7.82. The monoisotopic (exact) mass is 310 g/mol. The summed E-state index contributed by atoms with van der Waals surface area (Å²) in [5, 5.41) is 12.6. The van der Waals surface area contributed by atoms with Crippen LogP contribution in [0.1, 0.15) is 44.3 Å². The van der Waals surface area contributed by atoms with Gasteiger partial charge in [-0.1, -0.05) is 20.8 Å². The van der Waals surface area contributed by atoms with Gasteiger partial charge in [0.25, 0.3) is 0 Å². The van der Waals surface area contributed by atoms with E-state index in [9.17, 15) is 9.90 Å². The van der Waals surface area contributed by atoms with Crippen LogP contribution in [0.25, 0.3) is 0 Å². The summed E-state index contributed by atoms with van der Waals surface area (Å²) < 4.78 is 0. The van der Waals surface area contributed by atoms with Crippen molar-refractivity contribution >= 4 is 17.3 Å². The van der Waals surface area contributed by atoms with Gasteiger partial charge in [0, 0.05) is 25.0 Å². The van der Waals surface area contributed by atoms with E-state index in [-0.39, 0.29) is 5.92 Å². The molecule has 5 heteroatoms. The minimum Gasteiger partial charge on any atom is -0.481 e. The molecule has 2 rings (SSSR count). The smallest absolute Gasteiger partial charge is 0.307 e. The maximum atomic E-state index is 11.2. The molecule has 1 aliphatic rings. The third-order valence-electron chi connectivity index (χ3n) is 4.01. The maximum Gasteiger partial charge on any atom is 0.307 e. The number of aryl methyl sites for hydroxylation is 1. The van der Waals surface area contributed by atoms with Crippen LogP contribution in [0.5, 0.6) is 0 Å². The highest BCUT2D eigenvalue weighted by atomic mass is 32.1. The molecule has 4 nitrogen and oxygen atoms in total. The molecule has 1 aliphatic heterocycles. The van der Waals surface area contributed by atoms with Crippen molar-refractivity contribution in [3.05, 3.63) is 16.1 Å². The fraction of sp³-hybridized carbons (Fsp3) is 0.750. The Balaban J connectivity index is 1.90. The summed E-state index contributed by atoms with van der Waals surface area (Å²) in [5.41, 5.74) is 1.09. The van der Waals surface area contributed by atoms with Crippen LogP contribution in [-0.2, 0) is 17.8 Å². The van der Waals surface area contributed by atoms with E-state index in [1.54, 1.807) is 11.3 Å². The van der Waals surface area contributed by atoms with Gasteiger partial charge in [-0.05, 0) is 31.1 Å². The molecule has 1 aromatic rings. The molecule has 0 saturated carbocycles. The number of aliphatic carboxylic acids is 1. The standard InChI is InChI=1S/C16H26N2O2S/c1-11(2)4-5-15-17-14(10-21-15)9-18-7-12(3)6-13(8-18)16(19)20/h10-13H,4-9H2,1-3H3,(H,19,20). The number of aromatic nitrogens is 1. The number of carbonyl (C=O) groups is 1. The second-order valence-corrected chi connectivity index (χ2v) is 7.68. The molecule has 21 heavy (non-hydrogen) atoms. The van der Waals surface area contributed by atoms with Crippen molar-refractivity contribution in [2.24, 2.45) is 17.8 Å². The Hall–Kier alpha value is -0.940. The van der Waals surface area contributed by atoms with E-state index >= 15 is 0 Å². The third kappa shape index (κ3) is 5.08. The minimum atomic E-state index is -0.664. The van der Waals surface area contributed by atoms with Gasteiger partial charge in [-0.15, -0.1) is 11.3 Å². The number of carboxylic acids is 1. The highest BCUT2D eigenvalue weighted by Gasteiger charge is 2.29. The second kappa shape index (κ2) is 7.36. The Morgan fingerprint density at radius 3 is 2.95 bits per heavy atom. The quantitative estimate of drug-likeness (QED) is 0.876. The van der Waals surface area contributed by atoms with Crippen LogP contribution in [0.3, 0.4) is 0 Å². The van der Waals surface area contributed by atoms with Crippen molar-refractivity contribution in [1.29, 1.82) is 0 Å². The Morgan fingerprint density at radius 1 is 1.52 bits per heavy atom. The predicted octanol–water partition coefficient (Wildman–Crippen LogP) is 3.27. The number of thiazole rings is 1. The van der Waals surface area contributed by atoms with Gasteiger partial charge in [0.15, 0.2) is 0 Å². The average Bonchev–Trinajstić information content (AvgIpc) is 2.83. The molecular formula is C16H26N2O2S. The molecule has 1 saturated heterocycles. The maximum absolute atomic E-state index is 11.2. The van der Waals surface area contributed by atoms with Crippen LogP contribution in [0.4, 0.5) is 0 Å². The number of hydrogen-bond donors (Lipinski definition) is 1. The van der Waals surface area contributed by atoms with Gasteiger partial charge in [-0.2, -0.15) is 0 Å². The molecule has 1 N–H and O–H groups in total. The Kier molecular flexibility index (Phi) is 5.76.